The van der Waals surface area contributed by atoms with Gasteiger partial charge in [0.1, 0.15) is 17.2 Å². The molecule has 6 aromatic rings. The van der Waals surface area contributed by atoms with E-state index in [1.807, 2.05) is 60.7 Å². The average Bonchev–Trinajstić information content (AvgIpc) is 3.48. The van der Waals surface area contributed by atoms with Crippen LogP contribution in [0.25, 0.3) is 11.0 Å². The molecule has 238 valence electrons. The van der Waals surface area contributed by atoms with Crippen molar-refractivity contribution in [2.24, 2.45) is 0 Å². The number of alkyl halides is 3. The summed E-state index contributed by atoms with van der Waals surface area (Å²) < 4.78 is 75.3. The van der Waals surface area contributed by atoms with E-state index in [-0.39, 0.29) is 10.9 Å². The lowest BCUT2D eigenvalue weighted by atomic mass is 9.76. The van der Waals surface area contributed by atoms with Crippen molar-refractivity contribution in [1.82, 2.24) is 14.5 Å². The van der Waals surface area contributed by atoms with Crippen LogP contribution in [0.5, 0.6) is 0 Å². The summed E-state index contributed by atoms with van der Waals surface area (Å²) in [7, 11) is 0. The van der Waals surface area contributed by atoms with E-state index in [4.69, 9.17) is 4.98 Å². The Morgan fingerprint density at radius 3 is 1.77 bits per heavy atom. The van der Waals surface area contributed by atoms with Gasteiger partial charge in [-0.05, 0) is 59.4 Å². The maximum Gasteiger partial charge on any atom is 0.401 e. The molecule has 0 amide bonds. The summed E-state index contributed by atoms with van der Waals surface area (Å²) in [5, 5.41) is 0. The molecule has 0 radical (unpaired) electrons. The molecule has 0 fully saturated rings. The Morgan fingerprint density at radius 1 is 0.766 bits per heavy atom. The molecule has 3 nitrogen and oxygen atoms in total. The molecule has 5 aromatic carbocycles. The lowest BCUT2D eigenvalue weighted by Gasteiger charge is -2.43. The van der Waals surface area contributed by atoms with Crippen LogP contribution in [0.2, 0.25) is 0 Å². The SMILES string of the molecule is C[C@@H]1Cc2c(ccc3c2ncn3C(c2ccccc2)(c2ccccc2)c2ccccc2)[C@@H](c2c(F)cc(Br)cc2F)N1CC(F)(F)F. The van der Waals surface area contributed by atoms with E-state index in [1.165, 1.54) is 0 Å². The molecular weight excluding hydrogens is 673 g/mol. The molecule has 7 rings (SSSR count). The Balaban J connectivity index is 1.52. The molecule has 0 spiro atoms. The van der Waals surface area contributed by atoms with Crippen molar-refractivity contribution < 1.29 is 22.0 Å². The van der Waals surface area contributed by atoms with Crippen LogP contribution in [0.3, 0.4) is 0 Å². The fourth-order valence-corrected chi connectivity index (χ4v) is 7.69. The van der Waals surface area contributed by atoms with E-state index in [1.54, 1.807) is 19.3 Å². The predicted molar refractivity (Wildman–Crippen MR) is 176 cm³/mol. The third kappa shape index (κ3) is 5.35. The van der Waals surface area contributed by atoms with Crippen molar-refractivity contribution in [2.45, 2.75) is 37.1 Å². The number of halogens is 6. The minimum absolute atomic E-state index is 0.163. The van der Waals surface area contributed by atoms with Gasteiger partial charge in [0.25, 0.3) is 0 Å². The van der Waals surface area contributed by atoms with Gasteiger partial charge in [-0.15, -0.1) is 0 Å². The molecule has 0 aliphatic carbocycles. The minimum atomic E-state index is -4.58. The highest BCUT2D eigenvalue weighted by Gasteiger charge is 2.44. The third-order valence-electron chi connectivity index (χ3n) is 9.17. The van der Waals surface area contributed by atoms with Crippen LogP contribution in [-0.4, -0.2) is 33.2 Å². The maximum absolute atomic E-state index is 15.6. The highest BCUT2D eigenvalue weighted by molar-refractivity contribution is 9.10. The summed E-state index contributed by atoms with van der Waals surface area (Å²) >= 11 is 3.10. The topological polar surface area (TPSA) is 21.1 Å². The second kappa shape index (κ2) is 12.0. The predicted octanol–water partition coefficient (Wildman–Crippen LogP) is 9.82. The van der Waals surface area contributed by atoms with Gasteiger partial charge in [-0.3, -0.25) is 4.90 Å². The molecule has 1 aliphatic rings. The summed E-state index contributed by atoms with van der Waals surface area (Å²) in [6.45, 7) is 0.340. The first-order valence-corrected chi connectivity index (χ1v) is 16.0. The van der Waals surface area contributed by atoms with Crippen LogP contribution < -0.4 is 0 Å². The molecule has 1 aliphatic heterocycles. The zero-order chi connectivity index (χ0) is 32.9. The van der Waals surface area contributed by atoms with Gasteiger partial charge in [0, 0.05) is 16.1 Å². The van der Waals surface area contributed by atoms with Gasteiger partial charge in [0.2, 0.25) is 0 Å². The van der Waals surface area contributed by atoms with Crippen LogP contribution in [0.15, 0.2) is 126 Å². The summed E-state index contributed by atoms with van der Waals surface area (Å²) in [6.07, 6.45) is -2.61. The van der Waals surface area contributed by atoms with Crippen molar-refractivity contribution >= 4 is 27.0 Å². The standard InChI is InChI=1S/C38H29BrF5N3/c1-24-19-30-29(36(46(24)22-37(42,43)44)34-31(40)20-28(39)21-32(34)41)17-18-33-35(30)45-23-47(33)38(25-11-5-2-6-12-25,26-13-7-3-8-14-26)27-15-9-4-10-16-27/h2-18,20-21,23-24,36H,19,22H2,1H3/t24-,36+/m1/s1. The normalized spacial score (nSPS) is 17.2. The molecule has 0 saturated carbocycles. The van der Waals surface area contributed by atoms with Crippen molar-refractivity contribution in [2.75, 3.05) is 6.54 Å². The average molecular weight is 703 g/mol. The molecule has 2 atom stereocenters. The Hall–Kier alpha value is -4.34. The monoisotopic (exact) mass is 701 g/mol. The lowest BCUT2D eigenvalue weighted by molar-refractivity contribution is -0.155. The Morgan fingerprint density at radius 2 is 1.28 bits per heavy atom. The number of rotatable bonds is 6. The summed E-state index contributed by atoms with van der Waals surface area (Å²) in [5.41, 5.74) is 4.04. The molecule has 47 heavy (non-hydrogen) atoms. The Labute approximate surface area is 277 Å². The Kier molecular flexibility index (Phi) is 8.00. The highest BCUT2D eigenvalue weighted by atomic mass is 79.9. The van der Waals surface area contributed by atoms with Crippen molar-refractivity contribution in [3.8, 4) is 0 Å². The smallest absolute Gasteiger partial charge is 0.312 e. The molecule has 0 unspecified atom stereocenters. The van der Waals surface area contributed by atoms with Gasteiger partial charge < -0.3 is 4.57 Å². The van der Waals surface area contributed by atoms with Crippen LogP contribution in [0.4, 0.5) is 22.0 Å². The van der Waals surface area contributed by atoms with Crippen LogP contribution >= 0.6 is 15.9 Å². The van der Waals surface area contributed by atoms with Crippen LogP contribution in [-0.2, 0) is 12.0 Å². The van der Waals surface area contributed by atoms with Gasteiger partial charge in [-0.25, -0.2) is 13.8 Å². The van der Waals surface area contributed by atoms with Gasteiger partial charge in [-0.1, -0.05) is 113 Å². The summed E-state index contributed by atoms with van der Waals surface area (Å²) in [4.78, 5) is 6.06. The van der Waals surface area contributed by atoms with Crippen LogP contribution in [0, 0.1) is 11.6 Å². The molecule has 2 heterocycles. The van der Waals surface area contributed by atoms with Crippen molar-refractivity contribution in [3.63, 3.8) is 0 Å². The second-order valence-electron chi connectivity index (χ2n) is 12.0. The first-order chi connectivity index (χ1) is 22.6. The molecule has 0 saturated heterocycles. The quantitative estimate of drug-likeness (QED) is 0.127. The summed E-state index contributed by atoms with van der Waals surface area (Å²) in [5.74, 6) is -1.84. The number of fused-ring (bicyclic) bond motifs is 3. The van der Waals surface area contributed by atoms with E-state index < -0.39 is 47.5 Å². The lowest BCUT2D eigenvalue weighted by Crippen LogP contribution is -2.47. The van der Waals surface area contributed by atoms with E-state index in [9.17, 15) is 13.2 Å². The van der Waals surface area contributed by atoms with E-state index in [0.717, 1.165) is 39.2 Å². The third-order valence-corrected chi connectivity index (χ3v) is 9.62. The largest absolute Gasteiger partial charge is 0.401 e. The molecule has 1 aromatic heterocycles. The number of aromatic nitrogens is 2. The fraction of sp³-hybridized carbons (Fsp3) is 0.184. The molecule has 9 heteroatoms. The number of hydrogen-bond acceptors (Lipinski definition) is 2. The van der Waals surface area contributed by atoms with Crippen LogP contribution in [0.1, 0.15) is 46.3 Å². The molecule has 0 bridgehead atoms. The first-order valence-electron chi connectivity index (χ1n) is 15.2. The number of imidazole rings is 1. The van der Waals surface area contributed by atoms with E-state index >= 15 is 8.78 Å². The number of nitrogens with zero attached hydrogens (tertiary/aromatic N) is 3. The van der Waals surface area contributed by atoms with Crippen molar-refractivity contribution in [3.05, 3.63) is 171 Å². The van der Waals surface area contributed by atoms with E-state index in [2.05, 4.69) is 56.9 Å². The zero-order valence-electron chi connectivity index (χ0n) is 25.2. The number of hydrogen-bond donors (Lipinski definition) is 0. The van der Waals surface area contributed by atoms with E-state index in [0.29, 0.717) is 16.6 Å². The summed E-state index contributed by atoms with van der Waals surface area (Å²) in [6, 6.07) is 33.9. The first kappa shape index (κ1) is 31.3. The minimum Gasteiger partial charge on any atom is -0.312 e. The maximum atomic E-state index is 15.6. The molecule has 0 N–H and O–H groups in total. The highest BCUT2D eigenvalue weighted by Crippen LogP contribution is 2.47. The van der Waals surface area contributed by atoms with Gasteiger partial charge in [0.15, 0.2) is 0 Å². The van der Waals surface area contributed by atoms with Gasteiger partial charge >= 0.3 is 6.18 Å². The zero-order valence-corrected chi connectivity index (χ0v) is 26.8. The second-order valence-corrected chi connectivity index (χ2v) is 12.9. The fourth-order valence-electron chi connectivity index (χ4n) is 7.28. The van der Waals surface area contributed by atoms with Crippen molar-refractivity contribution in [1.29, 1.82) is 0 Å². The molecular formula is C38H29BrF5N3. The van der Waals surface area contributed by atoms with Gasteiger partial charge in [0.05, 0.1) is 29.9 Å². The van der Waals surface area contributed by atoms with Gasteiger partial charge in [-0.2, -0.15) is 13.2 Å². The Bertz CT molecular complexity index is 1930. The number of benzene rings is 5.